The molecule has 0 atom stereocenters. The van der Waals surface area contributed by atoms with E-state index in [0.29, 0.717) is 23.7 Å². The summed E-state index contributed by atoms with van der Waals surface area (Å²) >= 11 is 0. The third kappa shape index (κ3) is 5.84. The van der Waals surface area contributed by atoms with Crippen molar-refractivity contribution in [2.75, 3.05) is 17.1 Å². The Kier molecular flexibility index (Phi) is 6.74. The normalized spacial score (nSPS) is 11.0. The second-order valence-electron chi connectivity index (χ2n) is 6.88. The fourth-order valence-electron chi connectivity index (χ4n) is 2.89. The van der Waals surface area contributed by atoms with Gasteiger partial charge in [0, 0.05) is 6.54 Å². The lowest BCUT2D eigenvalue weighted by Gasteiger charge is -2.22. The van der Waals surface area contributed by atoms with Gasteiger partial charge in [0.1, 0.15) is 18.0 Å². The van der Waals surface area contributed by atoms with Crippen molar-refractivity contribution in [1.29, 1.82) is 0 Å². The molecule has 7 heteroatoms. The maximum Gasteiger partial charge on any atom is 0.241 e. The number of carbonyl (C=O) groups is 1. The largest absolute Gasteiger partial charge is 0.457 e. The van der Waals surface area contributed by atoms with E-state index in [9.17, 15) is 13.2 Å². The van der Waals surface area contributed by atoms with Crippen molar-refractivity contribution in [3.63, 3.8) is 0 Å². The number of ether oxygens (including phenoxy) is 1. The zero-order valence-electron chi connectivity index (χ0n) is 16.9. The van der Waals surface area contributed by atoms with E-state index >= 15 is 0 Å². The molecule has 6 nitrogen and oxygen atoms in total. The van der Waals surface area contributed by atoms with E-state index in [1.807, 2.05) is 61.5 Å². The highest BCUT2D eigenvalue weighted by molar-refractivity contribution is 7.92. The molecule has 0 aliphatic carbocycles. The van der Waals surface area contributed by atoms with E-state index < -0.39 is 10.0 Å². The standard InChI is InChI=1S/C23H24N2O4S/c1-18-8-6-7-9-19(18)16-24-23(26)17-25(30(2,27)28)20-12-14-22(15-13-20)29-21-10-4-3-5-11-21/h3-15H,16-17H2,1-2H3,(H,24,26). The highest BCUT2D eigenvalue weighted by Crippen LogP contribution is 2.25. The monoisotopic (exact) mass is 424 g/mol. The van der Waals surface area contributed by atoms with Crippen LogP contribution >= 0.6 is 0 Å². The summed E-state index contributed by atoms with van der Waals surface area (Å²) in [6.07, 6.45) is 1.08. The van der Waals surface area contributed by atoms with Crippen LogP contribution in [0.5, 0.6) is 11.5 Å². The van der Waals surface area contributed by atoms with Crippen LogP contribution in [0, 0.1) is 6.92 Å². The third-order valence-electron chi connectivity index (χ3n) is 4.53. The summed E-state index contributed by atoms with van der Waals surface area (Å²) in [5, 5.41) is 2.79. The van der Waals surface area contributed by atoms with Gasteiger partial charge >= 0.3 is 0 Å². The molecule has 0 aliphatic rings. The van der Waals surface area contributed by atoms with Gasteiger partial charge in [-0.25, -0.2) is 8.42 Å². The summed E-state index contributed by atoms with van der Waals surface area (Å²) in [5.41, 5.74) is 2.44. The average Bonchev–Trinajstić information content (AvgIpc) is 2.72. The third-order valence-corrected chi connectivity index (χ3v) is 5.67. The van der Waals surface area contributed by atoms with Crippen molar-refractivity contribution in [2.45, 2.75) is 13.5 Å². The van der Waals surface area contributed by atoms with Crippen LogP contribution in [0.1, 0.15) is 11.1 Å². The zero-order valence-corrected chi connectivity index (χ0v) is 17.7. The van der Waals surface area contributed by atoms with Gasteiger partial charge in [-0.3, -0.25) is 9.10 Å². The first-order valence-corrected chi connectivity index (χ1v) is 11.3. The topological polar surface area (TPSA) is 75.7 Å². The molecule has 0 aliphatic heterocycles. The number of nitrogens with zero attached hydrogens (tertiary/aromatic N) is 1. The molecule has 1 N–H and O–H groups in total. The Balaban J connectivity index is 1.68. The molecule has 0 unspecified atom stereocenters. The predicted molar refractivity (Wildman–Crippen MR) is 118 cm³/mol. The fraction of sp³-hybridized carbons (Fsp3) is 0.174. The molecule has 0 saturated carbocycles. The number of sulfonamides is 1. The number of hydrogen-bond acceptors (Lipinski definition) is 4. The molecule has 1 amide bonds. The van der Waals surface area contributed by atoms with E-state index in [0.717, 1.165) is 21.7 Å². The molecule has 0 saturated heterocycles. The van der Waals surface area contributed by atoms with Gasteiger partial charge in [-0.1, -0.05) is 42.5 Å². The van der Waals surface area contributed by atoms with Crippen molar-refractivity contribution in [1.82, 2.24) is 5.32 Å². The van der Waals surface area contributed by atoms with Gasteiger partial charge in [-0.15, -0.1) is 0 Å². The molecule has 0 radical (unpaired) electrons. The molecular formula is C23H24N2O4S. The molecule has 0 spiro atoms. The van der Waals surface area contributed by atoms with Gasteiger partial charge in [-0.2, -0.15) is 0 Å². The molecule has 3 aromatic carbocycles. The van der Waals surface area contributed by atoms with Gasteiger partial charge in [0.05, 0.1) is 11.9 Å². The summed E-state index contributed by atoms with van der Waals surface area (Å²) in [4.78, 5) is 12.4. The number of nitrogens with one attached hydrogen (secondary N) is 1. The lowest BCUT2D eigenvalue weighted by atomic mass is 10.1. The Hall–Kier alpha value is -3.32. The smallest absolute Gasteiger partial charge is 0.241 e. The van der Waals surface area contributed by atoms with Crippen LogP contribution in [0.15, 0.2) is 78.9 Å². The van der Waals surface area contributed by atoms with Crippen LogP contribution in [-0.2, 0) is 21.4 Å². The minimum atomic E-state index is -3.64. The van der Waals surface area contributed by atoms with Crippen molar-refractivity contribution in [3.8, 4) is 11.5 Å². The number of carbonyl (C=O) groups excluding carboxylic acids is 1. The average molecular weight is 425 g/mol. The van der Waals surface area contributed by atoms with Crippen molar-refractivity contribution in [3.05, 3.63) is 90.0 Å². The van der Waals surface area contributed by atoms with Crippen molar-refractivity contribution < 1.29 is 17.9 Å². The maximum absolute atomic E-state index is 12.4. The Morgan fingerprint density at radius 1 is 0.900 bits per heavy atom. The van der Waals surface area contributed by atoms with E-state index in [4.69, 9.17) is 4.74 Å². The first-order valence-electron chi connectivity index (χ1n) is 9.45. The van der Waals surface area contributed by atoms with Crippen LogP contribution in [0.3, 0.4) is 0 Å². The molecule has 3 rings (SSSR count). The van der Waals surface area contributed by atoms with Crippen molar-refractivity contribution >= 4 is 21.6 Å². The van der Waals surface area contributed by atoms with E-state index in [1.165, 1.54) is 0 Å². The van der Waals surface area contributed by atoms with E-state index in [2.05, 4.69) is 5.32 Å². The summed E-state index contributed by atoms with van der Waals surface area (Å²) in [5.74, 6) is 0.872. The molecule has 0 aromatic heterocycles. The Bertz CT molecular complexity index is 1100. The predicted octanol–water partition coefficient (Wildman–Crippen LogP) is 3.87. The van der Waals surface area contributed by atoms with Gasteiger partial charge in [0.15, 0.2) is 0 Å². The van der Waals surface area contributed by atoms with Gasteiger partial charge in [0.25, 0.3) is 0 Å². The minimum absolute atomic E-state index is 0.302. The summed E-state index contributed by atoms with van der Waals surface area (Å²) in [6, 6.07) is 23.6. The summed E-state index contributed by atoms with van der Waals surface area (Å²) in [7, 11) is -3.64. The Morgan fingerprint density at radius 2 is 1.50 bits per heavy atom. The van der Waals surface area contributed by atoms with Crippen LogP contribution < -0.4 is 14.4 Å². The number of rotatable bonds is 8. The molecular weight excluding hydrogens is 400 g/mol. The molecule has 0 fully saturated rings. The van der Waals surface area contributed by atoms with Crippen LogP contribution in [0.25, 0.3) is 0 Å². The van der Waals surface area contributed by atoms with Gasteiger partial charge in [-0.05, 0) is 54.4 Å². The van der Waals surface area contributed by atoms with E-state index in [1.54, 1.807) is 24.3 Å². The first-order chi connectivity index (χ1) is 14.3. The number of hydrogen-bond donors (Lipinski definition) is 1. The fourth-order valence-corrected chi connectivity index (χ4v) is 3.75. The number of para-hydroxylation sites is 1. The van der Waals surface area contributed by atoms with Crippen LogP contribution in [0.2, 0.25) is 0 Å². The van der Waals surface area contributed by atoms with E-state index in [-0.39, 0.29) is 12.5 Å². The maximum atomic E-state index is 12.4. The first kappa shape index (κ1) is 21.4. The number of amides is 1. The zero-order chi connectivity index (χ0) is 21.6. The highest BCUT2D eigenvalue weighted by Gasteiger charge is 2.21. The molecule has 0 heterocycles. The van der Waals surface area contributed by atoms with Crippen molar-refractivity contribution in [2.24, 2.45) is 0 Å². The molecule has 0 bridgehead atoms. The molecule has 156 valence electrons. The summed E-state index contributed by atoms with van der Waals surface area (Å²) in [6.45, 7) is 2.00. The number of anilines is 1. The minimum Gasteiger partial charge on any atom is -0.457 e. The SMILES string of the molecule is Cc1ccccc1CNC(=O)CN(c1ccc(Oc2ccccc2)cc1)S(C)(=O)=O. The Morgan fingerprint density at radius 3 is 2.13 bits per heavy atom. The second kappa shape index (κ2) is 9.45. The quantitative estimate of drug-likeness (QED) is 0.596. The number of aryl methyl sites for hydroxylation is 1. The molecule has 30 heavy (non-hydrogen) atoms. The second-order valence-corrected chi connectivity index (χ2v) is 8.79. The summed E-state index contributed by atoms with van der Waals surface area (Å²) < 4.78 is 31.4. The lowest BCUT2D eigenvalue weighted by Crippen LogP contribution is -2.40. The van der Waals surface area contributed by atoms with Gasteiger partial charge < -0.3 is 10.1 Å². The van der Waals surface area contributed by atoms with Gasteiger partial charge in [0.2, 0.25) is 15.9 Å². The molecule has 3 aromatic rings. The van der Waals surface area contributed by atoms with Crippen LogP contribution in [0.4, 0.5) is 5.69 Å². The number of benzene rings is 3. The lowest BCUT2D eigenvalue weighted by molar-refractivity contribution is -0.119. The van der Waals surface area contributed by atoms with Crippen LogP contribution in [-0.4, -0.2) is 27.1 Å². The Labute approximate surface area is 177 Å². The highest BCUT2D eigenvalue weighted by atomic mass is 32.2.